The lowest BCUT2D eigenvalue weighted by Crippen LogP contribution is -2.39. The summed E-state index contributed by atoms with van der Waals surface area (Å²) in [6, 6.07) is 11.5. The first-order valence-electron chi connectivity index (χ1n) is 7.21. The first-order valence-corrected chi connectivity index (χ1v) is 8.00. The van der Waals surface area contributed by atoms with Crippen LogP contribution in [0.5, 0.6) is 5.75 Å². The Kier molecular flexibility index (Phi) is 9.77. The standard InChI is InChI=1S/C16H20BrN3O2.HI/c1-2-18-16(20-12-15-4-3-10-21-15)19-9-11-22-14-7-5-13(17)6-8-14;/h3-8,10H,2,9,11-12H2,1H3,(H2,18,19,20);1H. The molecule has 23 heavy (non-hydrogen) atoms. The molecule has 0 amide bonds. The van der Waals surface area contributed by atoms with Crippen LogP contribution in [0, 0.1) is 0 Å². The molecular weight excluding hydrogens is 473 g/mol. The van der Waals surface area contributed by atoms with Gasteiger partial charge in [-0.1, -0.05) is 15.9 Å². The average molecular weight is 494 g/mol. The van der Waals surface area contributed by atoms with Gasteiger partial charge in [-0.2, -0.15) is 0 Å². The predicted octanol–water partition coefficient (Wildman–Crippen LogP) is 3.79. The summed E-state index contributed by atoms with van der Waals surface area (Å²) in [6.07, 6.45) is 1.65. The van der Waals surface area contributed by atoms with Crippen molar-refractivity contribution in [3.05, 3.63) is 52.9 Å². The van der Waals surface area contributed by atoms with Gasteiger partial charge in [0.25, 0.3) is 0 Å². The van der Waals surface area contributed by atoms with Crippen molar-refractivity contribution in [3.63, 3.8) is 0 Å². The van der Waals surface area contributed by atoms with Crippen LogP contribution in [0.15, 0.2) is 56.5 Å². The third-order valence-electron chi connectivity index (χ3n) is 2.79. The highest BCUT2D eigenvalue weighted by Crippen LogP contribution is 2.15. The number of nitrogens with zero attached hydrogens (tertiary/aromatic N) is 1. The zero-order valence-electron chi connectivity index (χ0n) is 12.9. The van der Waals surface area contributed by atoms with Crippen LogP contribution >= 0.6 is 39.9 Å². The van der Waals surface area contributed by atoms with Gasteiger partial charge in [-0.3, -0.25) is 0 Å². The zero-order valence-corrected chi connectivity index (χ0v) is 16.8. The molecule has 0 aliphatic carbocycles. The van der Waals surface area contributed by atoms with E-state index in [4.69, 9.17) is 9.15 Å². The van der Waals surface area contributed by atoms with Crippen molar-refractivity contribution in [1.29, 1.82) is 0 Å². The SMILES string of the molecule is CCNC(=NCc1ccco1)NCCOc1ccc(Br)cc1.I. The Bertz CT molecular complexity index is 574. The molecule has 1 heterocycles. The Labute approximate surface area is 162 Å². The molecule has 0 bridgehead atoms. The van der Waals surface area contributed by atoms with Crippen LogP contribution < -0.4 is 15.4 Å². The fraction of sp³-hybridized carbons (Fsp3) is 0.312. The van der Waals surface area contributed by atoms with Crippen LogP contribution in [0.1, 0.15) is 12.7 Å². The summed E-state index contributed by atoms with van der Waals surface area (Å²) in [7, 11) is 0. The molecule has 126 valence electrons. The summed E-state index contributed by atoms with van der Waals surface area (Å²) in [5, 5.41) is 6.41. The van der Waals surface area contributed by atoms with Crippen molar-refractivity contribution in [1.82, 2.24) is 10.6 Å². The molecule has 2 N–H and O–H groups in total. The molecule has 0 aliphatic rings. The summed E-state index contributed by atoms with van der Waals surface area (Å²) in [4.78, 5) is 4.45. The van der Waals surface area contributed by atoms with Crippen molar-refractivity contribution in [3.8, 4) is 5.75 Å². The Morgan fingerprint density at radius 1 is 1.22 bits per heavy atom. The molecule has 0 aliphatic heterocycles. The number of halogens is 2. The summed E-state index contributed by atoms with van der Waals surface area (Å²) in [6.45, 7) is 4.57. The molecule has 1 aromatic heterocycles. The lowest BCUT2D eigenvalue weighted by atomic mass is 10.3. The monoisotopic (exact) mass is 493 g/mol. The first kappa shape index (κ1) is 19.8. The minimum atomic E-state index is 0. The fourth-order valence-electron chi connectivity index (χ4n) is 1.77. The third-order valence-corrected chi connectivity index (χ3v) is 3.32. The lowest BCUT2D eigenvalue weighted by Gasteiger charge is -2.11. The summed E-state index contributed by atoms with van der Waals surface area (Å²) in [5.74, 6) is 2.43. The Hall–Kier alpha value is -1.22. The molecule has 2 rings (SSSR count). The van der Waals surface area contributed by atoms with Gasteiger partial charge >= 0.3 is 0 Å². The van der Waals surface area contributed by atoms with Crippen LogP contribution in [-0.2, 0) is 6.54 Å². The van der Waals surface area contributed by atoms with Crippen LogP contribution in [0.3, 0.4) is 0 Å². The van der Waals surface area contributed by atoms with Crippen LogP contribution in [0.2, 0.25) is 0 Å². The number of hydrogen-bond donors (Lipinski definition) is 2. The van der Waals surface area contributed by atoms with Gasteiger partial charge in [0.05, 0.1) is 12.8 Å². The van der Waals surface area contributed by atoms with Gasteiger partial charge in [0.15, 0.2) is 5.96 Å². The number of furan rings is 1. The summed E-state index contributed by atoms with van der Waals surface area (Å²) >= 11 is 3.40. The second-order valence-electron chi connectivity index (χ2n) is 4.50. The molecule has 2 aromatic rings. The van der Waals surface area contributed by atoms with Gasteiger partial charge in [0.2, 0.25) is 0 Å². The van der Waals surface area contributed by atoms with Crippen LogP contribution in [0.25, 0.3) is 0 Å². The van der Waals surface area contributed by atoms with E-state index in [-0.39, 0.29) is 24.0 Å². The molecule has 0 unspecified atom stereocenters. The van der Waals surface area contributed by atoms with E-state index in [1.54, 1.807) is 6.26 Å². The molecule has 0 spiro atoms. The quantitative estimate of drug-likeness (QED) is 0.266. The van der Waals surface area contributed by atoms with E-state index >= 15 is 0 Å². The highest BCUT2D eigenvalue weighted by Gasteiger charge is 1.99. The van der Waals surface area contributed by atoms with E-state index in [0.717, 1.165) is 28.5 Å². The third kappa shape index (κ3) is 7.74. The maximum absolute atomic E-state index is 5.66. The van der Waals surface area contributed by atoms with Crippen molar-refractivity contribution in [2.24, 2.45) is 4.99 Å². The fourth-order valence-corrected chi connectivity index (χ4v) is 2.03. The number of aliphatic imine (C=N–C) groups is 1. The maximum Gasteiger partial charge on any atom is 0.191 e. The van der Waals surface area contributed by atoms with Crippen molar-refractivity contribution >= 4 is 45.9 Å². The molecule has 0 saturated heterocycles. The Balaban J connectivity index is 0.00000264. The second kappa shape index (κ2) is 11.3. The predicted molar refractivity (Wildman–Crippen MR) is 107 cm³/mol. The number of benzene rings is 1. The maximum atomic E-state index is 5.66. The highest BCUT2D eigenvalue weighted by molar-refractivity contribution is 14.0. The number of hydrogen-bond acceptors (Lipinski definition) is 3. The van der Waals surface area contributed by atoms with E-state index in [0.29, 0.717) is 19.7 Å². The minimum absolute atomic E-state index is 0. The van der Waals surface area contributed by atoms with Gasteiger partial charge < -0.3 is 19.8 Å². The molecule has 5 nitrogen and oxygen atoms in total. The van der Waals surface area contributed by atoms with E-state index in [2.05, 4.69) is 31.6 Å². The van der Waals surface area contributed by atoms with Gasteiger partial charge in [-0.25, -0.2) is 4.99 Å². The van der Waals surface area contributed by atoms with Gasteiger partial charge in [0, 0.05) is 11.0 Å². The van der Waals surface area contributed by atoms with Gasteiger partial charge in [0.1, 0.15) is 24.7 Å². The van der Waals surface area contributed by atoms with Gasteiger partial charge in [-0.05, 0) is 43.3 Å². The minimum Gasteiger partial charge on any atom is -0.492 e. The Morgan fingerprint density at radius 2 is 2.00 bits per heavy atom. The summed E-state index contributed by atoms with van der Waals surface area (Å²) < 4.78 is 12.0. The highest BCUT2D eigenvalue weighted by atomic mass is 127. The topological polar surface area (TPSA) is 58.8 Å². The van der Waals surface area contributed by atoms with Crippen molar-refractivity contribution < 1.29 is 9.15 Å². The smallest absolute Gasteiger partial charge is 0.191 e. The molecule has 0 fully saturated rings. The van der Waals surface area contributed by atoms with Crippen LogP contribution in [0.4, 0.5) is 0 Å². The number of rotatable bonds is 7. The van der Waals surface area contributed by atoms with Crippen molar-refractivity contribution in [2.45, 2.75) is 13.5 Å². The average Bonchev–Trinajstić information content (AvgIpc) is 3.04. The number of nitrogens with one attached hydrogen (secondary N) is 2. The number of guanidine groups is 1. The molecule has 0 atom stereocenters. The van der Waals surface area contributed by atoms with Gasteiger partial charge in [-0.15, -0.1) is 24.0 Å². The van der Waals surface area contributed by atoms with Crippen molar-refractivity contribution in [2.75, 3.05) is 19.7 Å². The molecule has 7 heteroatoms. The first-order chi connectivity index (χ1) is 10.8. The molecular formula is C16H21BrIN3O2. The summed E-state index contributed by atoms with van der Waals surface area (Å²) in [5.41, 5.74) is 0. The van der Waals surface area contributed by atoms with Crippen LogP contribution in [-0.4, -0.2) is 25.7 Å². The zero-order chi connectivity index (χ0) is 15.6. The largest absolute Gasteiger partial charge is 0.492 e. The molecule has 1 aromatic carbocycles. The normalized spacial score (nSPS) is 10.8. The van der Waals surface area contributed by atoms with E-state index < -0.39 is 0 Å². The Morgan fingerprint density at radius 3 is 2.65 bits per heavy atom. The number of ether oxygens (including phenoxy) is 1. The van der Waals surface area contributed by atoms with E-state index in [1.165, 1.54) is 0 Å². The van der Waals surface area contributed by atoms with E-state index in [1.807, 2.05) is 43.3 Å². The van der Waals surface area contributed by atoms with E-state index in [9.17, 15) is 0 Å². The molecule has 0 saturated carbocycles. The molecule has 0 radical (unpaired) electrons. The second-order valence-corrected chi connectivity index (χ2v) is 5.42. The lowest BCUT2D eigenvalue weighted by molar-refractivity contribution is 0.322.